The molecule has 2 heterocycles. The molecule has 0 aliphatic heterocycles. The van der Waals surface area contributed by atoms with Gasteiger partial charge in [0.2, 0.25) is 0 Å². The molecule has 0 spiro atoms. The maximum atomic E-state index is 3.39. The van der Waals surface area contributed by atoms with Crippen LogP contribution in [0.4, 0.5) is 0 Å². The summed E-state index contributed by atoms with van der Waals surface area (Å²) >= 11 is 0. The van der Waals surface area contributed by atoms with Crippen molar-refractivity contribution >= 4 is 21.8 Å². The molecule has 24 heavy (non-hydrogen) atoms. The van der Waals surface area contributed by atoms with Gasteiger partial charge in [0.1, 0.15) is 0 Å². The molecule has 0 atom stereocenters. The lowest BCUT2D eigenvalue weighted by Crippen LogP contribution is -1.83. The van der Waals surface area contributed by atoms with Crippen LogP contribution in [0.25, 0.3) is 44.1 Å². The number of fused-ring (bicyclic) bond motifs is 2. The predicted octanol–water partition coefficient (Wildman–Crippen LogP) is 5.98. The Morgan fingerprint density at radius 3 is 1.33 bits per heavy atom. The van der Waals surface area contributed by atoms with Gasteiger partial charge in [-0.05, 0) is 23.3 Å². The summed E-state index contributed by atoms with van der Waals surface area (Å²) in [7, 11) is 0. The average molecular weight is 308 g/mol. The first kappa shape index (κ1) is 13.2. The smallest absolute Gasteiger partial charge is 0.0460 e. The van der Waals surface area contributed by atoms with Gasteiger partial charge in [-0.2, -0.15) is 0 Å². The van der Waals surface area contributed by atoms with Crippen LogP contribution in [-0.2, 0) is 0 Å². The molecule has 0 saturated heterocycles. The van der Waals surface area contributed by atoms with Crippen LogP contribution in [0, 0.1) is 0 Å². The largest absolute Gasteiger partial charge is 0.361 e. The zero-order valence-electron chi connectivity index (χ0n) is 13.1. The number of rotatable bonds is 2. The molecule has 2 nitrogen and oxygen atoms in total. The van der Waals surface area contributed by atoms with Crippen molar-refractivity contribution in [1.82, 2.24) is 9.97 Å². The summed E-state index contributed by atoms with van der Waals surface area (Å²) in [6.45, 7) is 0. The molecular formula is C22H16N2. The molecule has 0 aliphatic carbocycles. The fraction of sp³-hybridized carbons (Fsp3) is 0. The van der Waals surface area contributed by atoms with E-state index in [9.17, 15) is 0 Å². The Kier molecular flexibility index (Phi) is 2.83. The van der Waals surface area contributed by atoms with E-state index in [1.54, 1.807) is 0 Å². The first-order valence-electron chi connectivity index (χ1n) is 8.14. The SMILES string of the molecule is c1ccc(-c2c[nH]c3ccccc23)c(-c2c[nH]c3ccccc23)c1. The summed E-state index contributed by atoms with van der Waals surface area (Å²) in [4.78, 5) is 6.78. The summed E-state index contributed by atoms with van der Waals surface area (Å²) in [5.74, 6) is 0. The molecule has 0 unspecified atom stereocenters. The summed E-state index contributed by atoms with van der Waals surface area (Å²) in [6, 6.07) is 25.5. The van der Waals surface area contributed by atoms with Crippen LogP contribution in [0.15, 0.2) is 85.2 Å². The van der Waals surface area contributed by atoms with E-state index in [1.807, 2.05) is 0 Å². The molecule has 3 aromatic carbocycles. The van der Waals surface area contributed by atoms with Gasteiger partial charge in [-0.3, -0.25) is 0 Å². The number of hydrogen-bond donors (Lipinski definition) is 2. The van der Waals surface area contributed by atoms with Gasteiger partial charge in [0.25, 0.3) is 0 Å². The Morgan fingerprint density at radius 1 is 0.417 bits per heavy atom. The van der Waals surface area contributed by atoms with Gasteiger partial charge < -0.3 is 9.97 Å². The first-order chi connectivity index (χ1) is 11.9. The Morgan fingerprint density at radius 2 is 0.833 bits per heavy atom. The van der Waals surface area contributed by atoms with Gasteiger partial charge in [-0.15, -0.1) is 0 Å². The van der Waals surface area contributed by atoms with Crippen LogP contribution in [0.5, 0.6) is 0 Å². The summed E-state index contributed by atoms with van der Waals surface area (Å²) in [5, 5.41) is 2.51. The van der Waals surface area contributed by atoms with Gasteiger partial charge in [0.05, 0.1) is 0 Å². The summed E-state index contributed by atoms with van der Waals surface area (Å²) in [6.07, 6.45) is 4.22. The Hall–Kier alpha value is -3.26. The molecule has 0 saturated carbocycles. The van der Waals surface area contributed by atoms with E-state index in [2.05, 4.69) is 95.2 Å². The van der Waals surface area contributed by atoms with Crippen molar-refractivity contribution in [2.24, 2.45) is 0 Å². The highest BCUT2D eigenvalue weighted by atomic mass is 14.7. The molecule has 5 rings (SSSR count). The van der Waals surface area contributed by atoms with E-state index < -0.39 is 0 Å². The minimum atomic E-state index is 1.17. The Bertz CT molecular complexity index is 1070. The van der Waals surface area contributed by atoms with E-state index in [0.717, 1.165) is 0 Å². The molecule has 0 radical (unpaired) electrons. The van der Waals surface area contributed by atoms with Gasteiger partial charge in [0.15, 0.2) is 0 Å². The van der Waals surface area contributed by atoms with E-state index in [0.29, 0.717) is 0 Å². The number of H-pyrrole nitrogens is 2. The number of aromatic amines is 2. The van der Waals surface area contributed by atoms with Crippen LogP contribution in [-0.4, -0.2) is 9.97 Å². The molecule has 0 bridgehead atoms. The van der Waals surface area contributed by atoms with Crippen LogP contribution in [0.3, 0.4) is 0 Å². The molecule has 2 aromatic heterocycles. The zero-order valence-corrected chi connectivity index (χ0v) is 13.1. The van der Waals surface area contributed by atoms with Crippen molar-refractivity contribution in [1.29, 1.82) is 0 Å². The predicted molar refractivity (Wildman–Crippen MR) is 101 cm³/mol. The standard InChI is InChI=1S/C22H16N2/c1-2-8-16(20-14-24-22-12-6-4-10-18(20)22)15(7-1)19-13-23-21-11-5-3-9-17(19)21/h1-14,23-24H. The number of para-hydroxylation sites is 2. The average Bonchev–Trinajstić information content (AvgIpc) is 3.26. The zero-order chi connectivity index (χ0) is 15.9. The molecule has 2 N–H and O–H groups in total. The Balaban J connectivity index is 1.80. The highest BCUT2D eigenvalue weighted by Crippen LogP contribution is 2.38. The maximum absolute atomic E-state index is 3.39. The van der Waals surface area contributed by atoms with Crippen molar-refractivity contribution in [2.75, 3.05) is 0 Å². The molecule has 2 heteroatoms. The van der Waals surface area contributed by atoms with Crippen molar-refractivity contribution in [3.05, 3.63) is 85.2 Å². The summed E-state index contributed by atoms with van der Waals surface area (Å²) < 4.78 is 0. The highest BCUT2D eigenvalue weighted by Gasteiger charge is 2.13. The lowest BCUT2D eigenvalue weighted by molar-refractivity contribution is 1.46. The van der Waals surface area contributed by atoms with Gasteiger partial charge in [-0.1, -0.05) is 60.7 Å². The topological polar surface area (TPSA) is 31.6 Å². The molecule has 0 amide bonds. The van der Waals surface area contributed by atoms with Gasteiger partial charge >= 0.3 is 0 Å². The van der Waals surface area contributed by atoms with Crippen LogP contribution in [0.2, 0.25) is 0 Å². The lowest BCUT2D eigenvalue weighted by atomic mass is 9.94. The molecule has 0 aliphatic rings. The molecule has 114 valence electrons. The second-order valence-electron chi connectivity index (χ2n) is 6.04. The van der Waals surface area contributed by atoms with Crippen molar-refractivity contribution in [2.45, 2.75) is 0 Å². The quantitative estimate of drug-likeness (QED) is 0.402. The Labute approximate surface area is 139 Å². The van der Waals surface area contributed by atoms with E-state index >= 15 is 0 Å². The monoisotopic (exact) mass is 308 g/mol. The second kappa shape index (κ2) is 5.14. The van der Waals surface area contributed by atoms with E-state index in [-0.39, 0.29) is 0 Å². The second-order valence-corrected chi connectivity index (χ2v) is 6.04. The third-order valence-electron chi connectivity index (χ3n) is 4.69. The first-order valence-corrected chi connectivity index (χ1v) is 8.14. The fourth-order valence-corrected chi connectivity index (χ4v) is 3.54. The molecule has 0 fully saturated rings. The fourth-order valence-electron chi connectivity index (χ4n) is 3.54. The van der Waals surface area contributed by atoms with E-state index in [4.69, 9.17) is 0 Å². The summed E-state index contributed by atoms with van der Waals surface area (Å²) in [5.41, 5.74) is 7.32. The van der Waals surface area contributed by atoms with Crippen molar-refractivity contribution in [3.8, 4) is 22.3 Å². The number of aromatic nitrogens is 2. The number of hydrogen-bond acceptors (Lipinski definition) is 0. The van der Waals surface area contributed by atoms with Crippen molar-refractivity contribution in [3.63, 3.8) is 0 Å². The van der Waals surface area contributed by atoms with Crippen LogP contribution < -0.4 is 0 Å². The number of benzene rings is 3. The maximum Gasteiger partial charge on any atom is 0.0460 e. The molecule has 5 aromatic rings. The third kappa shape index (κ3) is 1.90. The molecular weight excluding hydrogens is 292 g/mol. The third-order valence-corrected chi connectivity index (χ3v) is 4.69. The minimum absolute atomic E-state index is 1.17. The van der Waals surface area contributed by atoms with E-state index in [1.165, 1.54) is 44.1 Å². The van der Waals surface area contributed by atoms with Crippen LogP contribution >= 0.6 is 0 Å². The van der Waals surface area contributed by atoms with Gasteiger partial charge in [-0.25, -0.2) is 0 Å². The van der Waals surface area contributed by atoms with Crippen LogP contribution in [0.1, 0.15) is 0 Å². The lowest BCUT2D eigenvalue weighted by Gasteiger charge is -2.08. The normalized spacial score (nSPS) is 11.3. The number of nitrogens with one attached hydrogen (secondary N) is 2. The highest BCUT2D eigenvalue weighted by molar-refractivity contribution is 6.04. The minimum Gasteiger partial charge on any atom is -0.361 e. The van der Waals surface area contributed by atoms with Gasteiger partial charge in [0, 0.05) is 45.3 Å². The van der Waals surface area contributed by atoms with Crippen molar-refractivity contribution < 1.29 is 0 Å².